The molecular formula is C13H19FN3O2+. The molecule has 1 aromatic carbocycles. The van der Waals surface area contributed by atoms with Crippen LogP contribution in [0, 0.1) is 5.82 Å². The first-order valence-electron chi connectivity index (χ1n) is 6.13. The fraction of sp³-hybridized carbons (Fsp3) is 0.385. The van der Waals surface area contributed by atoms with Gasteiger partial charge < -0.3 is 15.5 Å². The van der Waals surface area contributed by atoms with Crippen LogP contribution in [-0.4, -0.2) is 39.0 Å². The SMILES string of the molecule is C[NH+](C)CCCNC(=O)C(=O)Nc1cccc(F)c1. The number of carbonyl (C=O) groups is 2. The maximum absolute atomic E-state index is 12.9. The molecule has 0 aliphatic heterocycles. The van der Waals surface area contributed by atoms with Crippen LogP contribution in [0.3, 0.4) is 0 Å². The standard InChI is InChI=1S/C13H18FN3O2/c1-17(2)8-4-7-15-12(18)13(19)16-11-6-3-5-10(14)9-11/h3,5-6,9H,4,7-8H2,1-2H3,(H,15,18)(H,16,19)/p+1. The van der Waals surface area contributed by atoms with Crippen molar-refractivity contribution in [2.45, 2.75) is 6.42 Å². The Morgan fingerprint density at radius 2 is 2.00 bits per heavy atom. The second kappa shape index (κ2) is 7.48. The van der Waals surface area contributed by atoms with Crippen LogP contribution in [0.1, 0.15) is 6.42 Å². The van der Waals surface area contributed by atoms with Gasteiger partial charge >= 0.3 is 11.8 Å². The maximum Gasteiger partial charge on any atom is 0.313 e. The Morgan fingerprint density at radius 1 is 1.26 bits per heavy atom. The highest BCUT2D eigenvalue weighted by Gasteiger charge is 2.13. The molecule has 0 heterocycles. The number of carbonyl (C=O) groups excluding carboxylic acids is 2. The molecule has 1 rings (SSSR count). The molecule has 0 unspecified atom stereocenters. The molecule has 0 saturated carbocycles. The van der Waals surface area contributed by atoms with E-state index in [0.717, 1.165) is 19.0 Å². The zero-order valence-corrected chi connectivity index (χ0v) is 11.1. The van der Waals surface area contributed by atoms with Gasteiger partial charge in [0.2, 0.25) is 0 Å². The summed E-state index contributed by atoms with van der Waals surface area (Å²) < 4.78 is 12.9. The smallest absolute Gasteiger partial charge is 0.313 e. The Bertz CT molecular complexity index is 449. The monoisotopic (exact) mass is 268 g/mol. The Kier molecular flexibility index (Phi) is 5.95. The molecule has 1 aromatic rings. The zero-order chi connectivity index (χ0) is 14.3. The lowest BCUT2D eigenvalue weighted by Crippen LogP contribution is -3.05. The fourth-order valence-corrected chi connectivity index (χ4v) is 1.48. The lowest BCUT2D eigenvalue weighted by Gasteiger charge is -2.08. The van der Waals surface area contributed by atoms with Gasteiger partial charge in [0.1, 0.15) is 5.82 Å². The number of amides is 2. The summed E-state index contributed by atoms with van der Waals surface area (Å²) >= 11 is 0. The number of quaternary nitrogens is 1. The van der Waals surface area contributed by atoms with Crippen molar-refractivity contribution in [2.24, 2.45) is 0 Å². The van der Waals surface area contributed by atoms with E-state index in [9.17, 15) is 14.0 Å². The first kappa shape index (κ1) is 15.1. The number of hydrogen-bond donors (Lipinski definition) is 3. The third-order valence-electron chi connectivity index (χ3n) is 2.43. The van der Waals surface area contributed by atoms with Crippen LogP contribution in [0.2, 0.25) is 0 Å². The van der Waals surface area contributed by atoms with E-state index in [1.807, 2.05) is 14.1 Å². The van der Waals surface area contributed by atoms with Gasteiger partial charge in [-0.2, -0.15) is 0 Å². The van der Waals surface area contributed by atoms with E-state index in [0.29, 0.717) is 6.54 Å². The molecule has 0 aliphatic carbocycles. The van der Waals surface area contributed by atoms with Crippen LogP contribution >= 0.6 is 0 Å². The van der Waals surface area contributed by atoms with E-state index in [4.69, 9.17) is 0 Å². The predicted octanol–water partition coefficient (Wildman–Crippen LogP) is -0.585. The molecule has 0 spiro atoms. The third-order valence-corrected chi connectivity index (χ3v) is 2.43. The molecule has 0 saturated heterocycles. The maximum atomic E-state index is 12.9. The van der Waals surface area contributed by atoms with Crippen LogP contribution < -0.4 is 15.5 Å². The summed E-state index contributed by atoms with van der Waals surface area (Å²) in [6.45, 7) is 1.35. The number of nitrogens with one attached hydrogen (secondary N) is 3. The van der Waals surface area contributed by atoms with Gasteiger partial charge in [-0.1, -0.05) is 6.07 Å². The lowest BCUT2D eigenvalue weighted by molar-refractivity contribution is -0.858. The van der Waals surface area contributed by atoms with E-state index < -0.39 is 17.6 Å². The van der Waals surface area contributed by atoms with Crippen molar-refractivity contribution in [1.29, 1.82) is 0 Å². The third kappa shape index (κ3) is 5.96. The number of benzene rings is 1. The number of hydrogen-bond acceptors (Lipinski definition) is 2. The first-order valence-corrected chi connectivity index (χ1v) is 6.13. The van der Waals surface area contributed by atoms with Crippen LogP contribution in [0.5, 0.6) is 0 Å². The molecule has 2 amide bonds. The summed E-state index contributed by atoms with van der Waals surface area (Å²) in [5.41, 5.74) is 0.262. The summed E-state index contributed by atoms with van der Waals surface area (Å²) in [5, 5.41) is 4.85. The van der Waals surface area contributed by atoms with Crippen LogP contribution in [0.15, 0.2) is 24.3 Å². The minimum atomic E-state index is -0.789. The summed E-state index contributed by atoms with van der Waals surface area (Å²) in [5.74, 6) is -1.96. The van der Waals surface area contributed by atoms with Crippen LogP contribution in [0.25, 0.3) is 0 Å². The summed E-state index contributed by atoms with van der Waals surface area (Å²) in [6.07, 6.45) is 0.793. The highest BCUT2D eigenvalue weighted by Crippen LogP contribution is 2.08. The van der Waals surface area contributed by atoms with Gasteiger partial charge in [-0.25, -0.2) is 4.39 Å². The lowest BCUT2D eigenvalue weighted by atomic mass is 10.3. The van der Waals surface area contributed by atoms with Gasteiger partial charge in [0.15, 0.2) is 0 Å². The van der Waals surface area contributed by atoms with Crippen molar-refractivity contribution in [3.63, 3.8) is 0 Å². The molecule has 104 valence electrons. The first-order chi connectivity index (χ1) is 8.99. The molecule has 0 aliphatic rings. The Labute approximate surface area is 111 Å². The number of anilines is 1. The molecule has 6 heteroatoms. The Morgan fingerprint density at radius 3 is 2.63 bits per heavy atom. The molecule has 5 nitrogen and oxygen atoms in total. The van der Waals surface area contributed by atoms with Crippen molar-refractivity contribution in [2.75, 3.05) is 32.5 Å². The molecule has 0 atom stereocenters. The molecule has 3 N–H and O–H groups in total. The molecule has 0 bridgehead atoms. The molecule has 0 aromatic heterocycles. The van der Waals surface area contributed by atoms with Gasteiger partial charge in [-0.05, 0) is 18.2 Å². The fourth-order valence-electron chi connectivity index (χ4n) is 1.48. The second-order valence-electron chi connectivity index (χ2n) is 4.53. The molecule has 0 radical (unpaired) electrons. The van der Waals surface area contributed by atoms with Gasteiger partial charge in [-0.3, -0.25) is 9.59 Å². The second-order valence-corrected chi connectivity index (χ2v) is 4.53. The van der Waals surface area contributed by atoms with Gasteiger partial charge in [0.25, 0.3) is 0 Å². The van der Waals surface area contributed by atoms with Crippen molar-refractivity contribution in [1.82, 2.24) is 5.32 Å². The van der Waals surface area contributed by atoms with E-state index in [1.54, 1.807) is 0 Å². The van der Waals surface area contributed by atoms with E-state index in [1.165, 1.54) is 23.1 Å². The minimum absolute atomic E-state index is 0.262. The normalized spacial score (nSPS) is 10.3. The quantitative estimate of drug-likeness (QED) is 0.494. The summed E-state index contributed by atoms with van der Waals surface area (Å²) in [4.78, 5) is 24.2. The highest BCUT2D eigenvalue weighted by atomic mass is 19.1. The van der Waals surface area contributed by atoms with Crippen molar-refractivity contribution in [3.8, 4) is 0 Å². The average Bonchev–Trinajstić information content (AvgIpc) is 2.34. The highest BCUT2D eigenvalue weighted by molar-refractivity contribution is 6.39. The molecular weight excluding hydrogens is 249 g/mol. The topological polar surface area (TPSA) is 62.6 Å². The largest absolute Gasteiger partial charge is 0.348 e. The van der Waals surface area contributed by atoms with Crippen molar-refractivity contribution >= 4 is 17.5 Å². The Hall–Kier alpha value is -1.95. The van der Waals surface area contributed by atoms with Crippen molar-refractivity contribution in [3.05, 3.63) is 30.1 Å². The zero-order valence-electron chi connectivity index (χ0n) is 11.1. The van der Waals surface area contributed by atoms with Gasteiger partial charge in [0.05, 0.1) is 20.6 Å². The van der Waals surface area contributed by atoms with Crippen molar-refractivity contribution < 1.29 is 18.9 Å². The predicted molar refractivity (Wildman–Crippen MR) is 70.3 cm³/mol. The van der Waals surface area contributed by atoms with Crippen LogP contribution in [-0.2, 0) is 9.59 Å². The van der Waals surface area contributed by atoms with Gasteiger partial charge in [0, 0.05) is 18.7 Å². The minimum Gasteiger partial charge on any atom is -0.348 e. The number of halogens is 1. The van der Waals surface area contributed by atoms with E-state index >= 15 is 0 Å². The van der Waals surface area contributed by atoms with E-state index in [2.05, 4.69) is 10.6 Å². The Balaban J connectivity index is 2.35. The summed E-state index contributed by atoms with van der Waals surface area (Å²) in [6, 6.07) is 5.40. The number of rotatable bonds is 5. The van der Waals surface area contributed by atoms with Gasteiger partial charge in [-0.15, -0.1) is 0 Å². The molecule has 0 fully saturated rings. The van der Waals surface area contributed by atoms with Crippen LogP contribution in [0.4, 0.5) is 10.1 Å². The molecule has 19 heavy (non-hydrogen) atoms. The summed E-state index contributed by atoms with van der Waals surface area (Å²) in [7, 11) is 4.02. The van der Waals surface area contributed by atoms with E-state index in [-0.39, 0.29) is 5.69 Å². The average molecular weight is 268 g/mol.